The first-order valence-electron chi connectivity index (χ1n) is 11.9. The molecule has 0 aromatic carbocycles. The smallest absolute Gasteiger partial charge is 0.460 e. The molecule has 0 aliphatic rings. The molecule has 0 rings (SSSR count). The summed E-state index contributed by atoms with van der Waals surface area (Å²) in [4.78, 5) is 0. The van der Waals surface area contributed by atoms with Gasteiger partial charge >= 0.3 is 8.80 Å². The summed E-state index contributed by atoms with van der Waals surface area (Å²) in [7, 11) is -4.75. The lowest BCUT2D eigenvalue weighted by atomic mass is 10.1. The van der Waals surface area contributed by atoms with Crippen molar-refractivity contribution in [2.45, 2.75) is 117 Å². The Morgan fingerprint density at radius 2 is 1.25 bits per heavy atom. The van der Waals surface area contributed by atoms with Crippen molar-refractivity contribution >= 4 is 26.9 Å². The predicted octanol–water partition coefficient (Wildman–Crippen LogP) is 6.29. The summed E-state index contributed by atoms with van der Waals surface area (Å²) in [5.74, 6) is 0. The van der Waals surface area contributed by atoms with Crippen molar-refractivity contribution in [3.05, 3.63) is 0 Å². The highest BCUT2D eigenvalue weighted by Crippen LogP contribution is 2.40. The van der Waals surface area contributed by atoms with Crippen LogP contribution in [-0.4, -0.2) is 46.7 Å². The second kappa shape index (κ2) is 16.2. The Balaban J connectivity index is 4.97. The standard InChI is InChI=1S/C21H50O4Si3/c1-9-13-14-15-16-17-20(5)27(8,25-26-7)21(6)18-19-28(22-10-2,23-11-3)24-12-4/h20-21H,9-19,26H2,1-8H3. The van der Waals surface area contributed by atoms with E-state index in [2.05, 4.69) is 33.9 Å². The first kappa shape index (κ1) is 28.5. The molecule has 0 aliphatic carbocycles. The van der Waals surface area contributed by atoms with Gasteiger partial charge in [0.25, 0.3) is 0 Å². The molecule has 0 aromatic rings. The summed E-state index contributed by atoms with van der Waals surface area (Å²) in [5, 5.41) is 0. The predicted molar refractivity (Wildman–Crippen MR) is 129 cm³/mol. The molecular weight excluding hydrogens is 400 g/mol. The summed E-state index contributed by atoms with van der Waals surface area (Å²) in [6.45, 7) is 20.0. The van der Waals surface area contributed by atoms with Gasteiger partial charge in [0.2, 0.25) is 0 Å². The molecule has 0 aliphatic heterocycles. The fraction of sp³-hybridized carbons (Fsp3) is 1.00. The summed E-state index contributed by atoms with van der Waals surface area (Å²) in [6.07, 6.45) is 9.19. The third-order valence-corrected chi connectivity index (χ3v) is 17.3. The minimum absolute atomic E-state index is 0.413. The number of rotatable bonds is 19. The van der Waals surface area contributed by atoms with Gasteiger partial charge in [-0.05, 0) is 44.8 Å². The molecular formula is C21H50O4Si3. The minimum atomic E-state index is -2.56. The van der Waals surface area contributed by atoms with Crippen LogP contribution in [0.4, 0.5) is 0 Å². The molecule has 0 fully saturated rings. The highest BCUT2D eigenvalue weighted by molar-refractivity contribution is 6.78. The highest BCUT2D eigenvalue weighted by atomic mass is 28.4. The zero-order valence-corrected chi connectivity index (χ0v) is 23.7. The third-order valence-electron chi connectivity index (χ3n) is 6.13. The lowest BCUT2D eigenvalue weighted by molar-refractivity contribution is 0.0706. The fourth-order valence-electron chi connectivity index (χ4n) is 4.10. The van der Waals surface area contributed by atoms with Crippen molar-refractivity contribution in [3.63, 3.8) is 0 Å². The van der Waals surface area contributed by atoms with E-state index in [1.54, 1.807) is 0 Å². The summed E-state index contributed by atoms with van der Waals surface area (Å²) < 4.78 is 24.9. The lowest BCUT2D eigenvalue weighted by Crippen LogP contribution is -2.48. The molecule has 0 heterocycles. The van der Waals surface area contributed by atoms with E-state index >= 15 is 0 Å². The molecule has 0 spiro atoms. The Labute approximate surface area is 180 Å². The van der Waals surface area contributed by atoms with E-state index in [1.165, 1.54) is 38.5 Å². The monoisotopic (exact) mass is 450 g/mol. The molecule has 170 valence electrons. The van der Waals surface area contributed by atoms with Crippen LogP contribution in [0.1, 0.15) is 86.5 Å². The maximum absolute atomic E-state index is 6.65. The van der Waals surface area contributed by atoms with E-state index < -0.39 is 26.9 Å². The first-order valence-corrected chi connectivity index (χ1v) is 18.4. The van der Waals surface area contributed by atoms with Crippen LogP contribution in [0.3, 0.4) is 0 Å². The van der Waals surface area contributed by atoms with Crippen LogP contribution in [0.5, 0.6) is 0 Å². The van der Waals surface area contributed by atoms with E-state index in [0.29, 0.717) is 30.9 Å². The van der Waals surface area contributed by atoms with Gasteiger partial charge in [0, 0.05) is 25.9 Å². The van der Waals surface area contributed by atoms with E-state index in [0.717, 1.165) is 12.5 Å². The normalized spacial score (nSPS) is 17.1. The van der Waals surface area contributed by atoms with Crippen molar-refractivity contribution in [2.24, 2.45) is 0 Å². The summed E-state index contributed by atoms with van der Waals surface area (Å²) >= 11 is 0. The van der Waals surface area contributed by atoms with E-state index in [9.17, 15) is 0 Å². The van der Waals surface area contributed by atoms with Crippen LogP contribution in [0.25, 0.3) is 0 Å². The summed E-state index contributed by atoms with van der Waals surface area (Å²) in [5.41, 5.74) is 1.30. The van der Waals surface area contributed by atoms with Crippen LogP contribution in [-0.2, 0) is 17.4 Å². The Morgan fingerprint density at radius 3 is 1.71 bits per heavy atom. The molecule has 28 heavy (non-hydrogen) atoms. The van der Waals surface area contributed by atoms with Gasteiger partial charge in [0.15, 0.2) is 8.32 Å². The molecule has 0 N–H and O–H groups in total. The van der Waals surface area contributed by atoms with E-state index in [4.69, 9.17) is 17.4 Å². The fourth-order valence-corrected chi connectivity index (χ4v) is 14.4. The molecule has 3 unspecified atom stereocenters. The van der Waals surface area contributed by atoms with Crippen molar-refractivity contribution < 1.29 is 17.4 Å². The zero-order valence-electron chi connectivity index (χ0n) is 20.3. The Kier molecular flexibility index (Phi) is 16.5. The first-order chi connectivity index (χ1) is 13.4. The van der Waals surface area contributed by atoms with Crippen LogP contribution in [0.2, 0.25) is 30.2 Å². The summed E-state index contributed by atoms with van der Waals surface area (Å²) in [6, 6.07) is 0.907. The van der Waals surface area contributed by atoms with Gasteiger partial charge in [-0.3, -0.25) is 0 Å². The van der Waals surface area contributed by atoms with Crippen LogP contribution in [0.15, 0.2) is 0 Å². The number of unbranched alkanes of at least 4 members (excludes halogenated alkanes) is 4. The van der Waals surface area contributed by atoms with Crippen molar-refractivity contribution in [2.75, 3.05) is 19.8 Å². The zero-order chi connectivity index (χ0) is 21.5. The maximum Gasteiger partial charge on any atom is 0.500 e. The van der Waals surface area contributed by atoms with E-state index in [1.807, 2.05) is 20.8 Å². The molecule has 0 bridgehead atoms. The lowest BCUT2D eigenvalue weighted by Gasteiger charge is -2.40. The van der Waals surface area contributed by atoms with Gasteiger partial charge in [-0.2, -0.15) is 0 Å². The minimum Gasteiger partial charge on any atom is -0.460 e. The van der Waals surface area contributed by atoms with Gasteiger partial charge in [-0.25, -0.2) is 0 Å². The average Bonchev–Trinajstić information content (AvgIpc) is 2.66. The molecule has 0 saturated carbocycles. The van der Waals surface area contributed by atoms with Crippen molar-refractivity contribution in [1.29, 1.82) is 0 Å². The third kappa shape index (κ3) is 10.00. The molecule has 0 saturated heterocycles. The second-order valence-electron chi connectivity index (χ2n) is 8.14. The van der Waals surface area contributed by atoms with Gasteiger partial charge < -0.3 is 17.4 Å². The SMILES string of the molecule is CCCCCCCC(C)[Si](C)(O[SiH2]C)C(C)CC[Si](OCC)(OCC)OCC. The van der Waals surface area contributed by atoms with Crippen LogP contribution in [0, 0.1) is 0 Å². The maximum atomic E-state index is 6.65. The van der Waals surface area contributed by atoms with Crippen molar-refractivity contribution in [3.8, 4) is 0 Å². The molecule has 0 amide bonds. The topological polar surface area (TPSA) is 36.9 Å². The molecule has 0 radical (unpaired) electrons. The average molecular weight is 451 g/mol. The van der Waals surface area contributed by atoms with Crippen LogP contribution >= 0.6 is 0 Å². The quantitative estimate of drug-likeness (QED) is 0.171. The van der Waals surface area contributed by atoms with Gasteiger partial charge in [0.05, 0.1) is 0 Å². The van der Waals surface area contributed by atoms with Crippen molar-refractivity contribution in [1.82, 2.24) is 0 Å². The van der Waals surface area contributed by atoms with Gasteiger partial charge in [-0.1, -0.05) is 65.8 Å². The molecule has 7 heteroatoms. The molecule has 4 nitrogen and oxygen atoms in total. The Bertz CT molecular complexity index is 357. The number of hydrogen-bond donors (Lipinski definition) is 0. The van der Waals surface area contributed by atoms with E-state index in [-0.39, 0.29) is 0 Å². The largest absolute Gasteiger partial charge is 0.500 e. The van der Waals surface area contributed by atoms with Gasteiger partial charge in [-0.15, -0.1) is 0 Å². The van der Waals surface area contributed by atoms with Crippen LogP contribution < -0.4 is 0 Å². The number of hydrogen-bond acceptors (Lipinski definition) is 4. The molecule has 3 atom stereocenters. The second-order valence-corrected chi connectivity index (χ2v) is 16.9. The Morgan fingerprint density at radius 1 is 0.750 bits per heavy atom. The highest BCUT2D eigenvalue weighted by Gasteiger charge is 2.45. The molecule has 0 aromatic heterocycles. The Hall–Kier alpha value is 0.491. The van der Waals surface area contributed by atoms with Gasteiger partial charge in [0.1, 0.15) is 9.76 Å².